The SMILES string of the molecule is CNC(=O)c1c(-c2ccc(F)cc2)oc2cc(N(CCNC(=O)CNC(=O)OC(C)(C)C)S(C)(=O)=O)c(C3CC3)cc12. The summed E-state index contributed by atoms with van der Waals surface area (Å²) in [5.41, 5.74) is 1.45. The molecule has 11 nitrogen and oxygen atoms in total. The number of alkyl carbamates (subject to hydrolysis) is 1. The van der Waals surface area contributed by atoms with Crippen LogP contribution in [0, 0.1) is 5.82 Å². The molecule has 2 aromatic carbocycles. The van der Waals surface area contributed by atoms with Gasteiger partial charge in [-0.15, -0.1) is 0 Å². The number of nitrogens with one attached hydrogen (secondary N) is 3. The highest BCUT2D eigenvalue weighted by atomic mass is 32.2. The molecule has 0 radical (unpaired) electrons. The van der Waals surface area contributed by atoms with Crippen LogP contribution in [0.3, 0.4) is 0 Å². The highest BCUT2D eigenvalue weighted by Crippen LogP contribution is 2.48. The van der Waals surface area contributed by atoms with E-state index >= 15 is 0 Å². The van der Waals surface area contributed by atoms with Gasteiger partial charge < -0.3 is 25.1 Å². The smallest absolute Gasteiger partial charge is 0.408 e. The summed E-state index contributed by atoms with van der Waals surface area (Å²) in [6, 6.07) is 8.91. The van der Waals surface area contributed by atoms with Gasteiger partial charge in [-0.05, 0) is 75.4 Å². The van der Waals surface area contributed by atoms with Crippen LogP contribution in [-0.4, -0.2) is 64.9 Å². The van der Waals surface area contributed by atoms with Gasteiger partial charge in [0.2, 0.25) is 15.9 Å². The first-order chi connectivity index (χ1) is 19.7. The van der Waals surface area contributed by atoms with Gasteiger partial charge in [0.1, 0.15) is 22.8 Å². The number of ether oxygens (including phenoxy) is 1. The van der Waals surface area contributed by atoms with Gasteiger partial charge in [-0.3, -0.25) is 13.9 Å². The van der Waals surface area contributed by atoms with Crippen LogP contribution in [0.15, 0.2) is 40.8 Å². The van der Waals surface area contributed by atoms with Crippen molar-refractivity contribution in [2.75, 3.05) is 37.2 Å². The summed E-state index contributed by atoms with van der Waals surface area (Å²) in [5, 5.41) is 8.10. The lowest BCUT2D eigenvalue weighted by molar-refractivity contribution is -0.120. The molecule has 1 heterocycles. The van der Waals surface area contributed by atoms with Gasteiger partial charge in [0, 0.05) is 30.6 Å². The lowest BCUT2D eigenvalue weighted by Crippen LogP contribution is -2.43. The van der Waals surface area contributed by atoms with E-state index < -0.39 is 39.3 Å². The summed E-state index contributed by atoms with van der Waals surface area (Å²) >= 11 is 0. The highest BCUT2D eigenvalue weighted by Gasteiger charge is 2.33. The van der Waals surface area contributed by atoms with E-state index in [2.05, 4.69) is 16.0 Å². The van der Waals surface area contributed by atoms with Gasteiger partial charge >= 0.3 is 6.09 Å². The summed E-state index contributed by atoms with van der Waals surface area (Å²) in [6.07, 6.45) is 2.02. The maximum absolute atomic E-state index is 13.6. The summed E-state index contributed by atoms with van der Waals surface area (Å²) in [6.45, 7) is 4.64. The Labute approximate surface area is 243 Å². The van der Waals surface area contributed by atoms with Crippen molar-refractivity contribution < 1.29 is 36.3 Å². The fourth-order valence-corrected chi connectivity index (χ4v) is 5.47. The number of sulfonamides is 1. The molecule has 0 aliphatic heterocycles. The fraction of sp³-hybridized carbons (Fsp3) is 0.414. The zero-order valence-corrected chi connectivity index (χ0v) is 25.0. The molecule has 3 N–H and O–H groups in total. The molecule has 4 rings (SSSR count). The van der Waals surface area contributed by atoms with Crippen molar-refractivity contribution in [2.24, 2.45) is 0 Å². The molecule has 1 aromatic heterocycles. The van der Waals surface area contributed by atoms with Crippen molar-refractivity contribution in [3.8, 4) is 11.3 Å². The number of carbonyl (C=O) groups is 3. The number of amides is 3. The van der Waals surface area contributed by atoms with Crippen LogP contribution in [0.4, 0.5) is 14.9 Å². The van der Waals surface area contributed by atoms with E-state index in [0.717, 1.165) is 24.7 Å². The van der Waals surface area contributed by atoms with Gasteiger partial charge in [-0.2, -0.15) is 0 Å². The second-order valence-corrected chi connectivity index (χ2v) is 13.0. The van der Waals surface area contributed by atoms with Crippen molar-refractivity contribution in [1.82, 2.24) is 16.0 Å². The first-order valence-corrected chi connectivity index (χ1v) is 15.3. The van der Waals surface area contributed by atoms with E-state index in [1.54, 1.807) is 32.9 Å². The molecule has 0 unspecified atom stereocenters. The number of fused-ring (bicyclic) bond motifs is 1. The lowest BCUT2D eigenvalue weighted by atomic mass is 10.0. The van der Waals surface area contributed by atoms with Gasteiger partial charge in [0.25, 0.3) is 5.91 Å². The topological polar surface area (TPSA) is 147 Å². The van der Waals surface area contributed by atoms with Gasteiger partial charge in [0.15, 0.2) is 0 Å². The maximum Gasteiger partial charge on any atom is 0.408 e. The second kappa shape index (κ2) is 12.0. The average Bonchev–Trinajstić information content (AvgIpc) is 3.68. The first kappa shape index (κ1) is 30.8. The molecule has 1 fully saturated rings. The van der Waals surface area contributed by atoms with E-state index in [1.165, 1.54) is 35.6 Å². The van der Waals surface area contributed by atoms with Crippen LogP contribution in [-0.2, 0) is 19.6 Å². The maximum atomic E-state index is 13.6. The third-order valence-corrected chi connectivity index (χ3v) is 7.69. The molecule has 3 amide bonds. The van der Waals surface area contributed by atoms with Crippen LogP contribution < -0.4 is 20.3 Å². The first-order valence-electron chi connectivity index (χ1n) is 13.5. The number of furan rings is 1. The van der Waals surface area contributed by atoms with E-state index in [1.807, 2.05) is 0 Å². The van der Waals surface area contributed by atoms with Crippen molar-refractivity contribution >= 4 is 44.6 Å². The zero-order valence-electron chi connectivity index (χ0n) is 24.2. The van der Waals surface area contributed by atoms with E-state index in [0.29, 0.717) is 16.6 Å². The number of hydrogen-bond acceptors (Lipinski definition) is 7. The Kier molecular flexibility index (Phi) is 8.81. The lowest BCUT2D eigenvalue weighted by Gasteiger charge is -2.25. The number of halogens is 1. The zero-order chi connectivity index (χ0) is 30.8. The Morgan fingerprint density at radius 1 is 1.10 bits per heavy atom. The normalized spacial score (nSPS) is 13.5. The van der Waals surface area contributed by atoms with Crippen LogP contribution in [0.2, 0.25) is 0 Å². The predicted octanol–water partition coefficient (Wildman–Crippen LogP) is 3.88. The third-order valence-electron chi connectivity index (χ3n) is 6.51. The molecular formula is C29H35FN4O7S. The van der Waals surface area contributed by atoms with Crippen molar-refractivity contribution in [3.05, 3.63) is 53.3 Å². The minimum absolute atomic E-state index is 0.0352. The molecule has 3 aromatic rings. The van der Waals surface area contributed by atoms with Gasteiger partial charge in [-0.1, -0.05) is 0 Å². The second-order valence-electron chi connectivity index (χ2n) is 11.1. The van der Waals surface area contributed by atoms with Crippen LogP contribution in [0.1, 0.15) is 55.5 Å². The standard InChI is InChI=1S/C29H35FN4O7S/c1-29(2,3)41-28(37)33-16-24(35)32-12-13-34(42(5,38)39)22-15-23-21(14-20(22)17-6-7-17)25(27(36)31-4)26(40-23)18-8-10-19(30)11-9-18/h8-11,14-15,17H,6-7,12-13,16H2,1-5H3,(H,31,36)(H,32,35)(H,33,37). The summed E-state index contributed by atoms with van der Waals surface area (Å²) in [7, 11) is -2.32. The Morgan fingerprint density at radius 3 is 2.33 bits per heavy atom. The number of hydrogen-bond donors (Lipinski definition) is 3. The highest BCUT2D eigenvalue weighted by molar-refractivity contribution is 7.92. The summed E-state index contributed by atoms with van der Waals surface area (Å²) < 4.78 is 52.0. The Hall–Kier alpha value is -4.13. The van der Waals surface area contributed by atoms with Gasteiger partial charge in [0.05, 0.1) is 30.6 Å². The number of anilines is 1. The van der Waals surface area contributed by atoms with Crippen LogP contribution in [0.25, 0.3) is 22.3 Å². The summed E-state index contributed by atoms with van der Waals surface area (Å²) in [5.74, 6) is -1.03. The molecule has 13 heteroatoms. The van der Waals surface area contributed by atoms with E-state index in [9.17, 15) is 27.2 Å². The van der Waals surface area contributed by atoms with E-state index in [-0.39, 0.29) is 42.5 Å². The minimum atomic E-state index is -3.81. The molecule has 0 spiro atoms. The Balaban J connectivity index is 1.63. The molecule has 42 heavy (non-hydrogen) atoms. The summed E-state index contributed by atoms with van der Waals surface area (Å²) in [4.78, 5) is 37.1. The number of rotatable bonds is 10. The quantitative estimate of drug-likeness (QED) is 0.319. The number of benzene rings is 2. The van der Waals surface area contributed by atoms with Crippen LogP contribution >= 0.6 is 0 Å². The van der Waals surface area contributed by atoms with E-state index in [4.69, 9.17) is 9.15 Å². The van der Waals surface area contributed by atoms with Crippen molar-refractivity contribution in [3.63, 3.8) is 0 Å². The molecule has 1 saturated carbocycles. The molecule has 0 atom stereocenters. The van der Waals surface area contributed by atoms with Gasteiger partial charge in [-0.25, -0.2) is 17.6 Å². The minimum Gasteiger partial charge on any atom is -0.455 e. The number of carbonyl (C=O) groups excluding carboxylic acids is 3. The number of nitrogens with zero attached hydrogens (tertiary/aromatic N) is 1. The van der Waals surface area contributed by atoms with Crippen molar-refractivity contribution in [1.29, 1.82) is 0 Å². The van der Waals surface area contributed by atoms with Crippen LogP contribution in [0.5, 0.6) is 0 Å². The molecular weight excluding hydrogens is 567 g/mol. The largest absolute Gasteiger partial charge is 0.455 e. The average molecular weight is 603 g/mol. The molecule has 0 bridgehead atoms. The molecule has 226 valence electrons. The third kappa shape index (κ3) is 7.38. The molecule has 1 aliphatic carbocycles. The molecule has 1 aliphatic rings. The monoisotopic (exact) mass is 602 g/mol. The molecule has 0 saturated heterocycles. The Morgan fingerprint density at radius 2 is 1.76 bits per heavy atom. The fourth-order valence-electron chi connectivity index (χ4n) is 4.53. The predicted molar refractivity (Wildman–Crippen MR) is 156 cm³/mol. The van der Waals surface area contributed by atoms with Crippen molar-refractivity contribution in [2.45, 2.75) is 45.1 Å². The Bertz CT molecular complexity index is 1610.